The molecule has 0 unspecified atom stereocenters. The molecular weight excluding hydrogens is 284 g/mol. The van der Waals surface area contributed by atoms with Crippen molar-refractivity contribution in [2.75, 3.05) is 13.2 Å². The van der Waals surface area contributed by atoms with Crippen LogP contribution in [0.4, 0.5) is 0 Å². The lowest BCUT2D eigenvalue weighted by atomic mass is 9.87. The quantitative estimate of drug-likeness (QED) is 0.716. The number of para-hydroxylation sites is 1. The van der Waals surface area contributed by atoms with Gasteiger partial charge in [-0.2, -0.15) is 0 Å². The molecule has 0 aliphatic heterocycles. The summed E-state index contributed by atoms with van der Waals surface area (Å²) in [5.41, 5.74) is 1.45. The van der Waals surface area contributed by atoms with Crippen LogP contribution < -0.4 is 9.47 Å². The molecule has 0 saturated carbocycles. The van der Waals surface area contributed by atoms with Gasteiger partial charge in [-0.15, -0.1) is 0 Å². The van der Waals surface area contributed by atoms with Crippen LogP contribution in [0.3, 0.4) is 0 Å². The number of hydrogen-bond acceptors (Lipinski definition) is 2. The molecule has 0 aromatic heterocycles. The zero-order valence-electron chi connectivity index (χ0n) is 12.7. The van der Waals surface area contributed by atoms with E-state index in [0.29, 0.717) is 24.0 Å². The minimum absolute atomic E-state index is 0.158. The molecular formula is C18H21ClO2. The maximum absolute atomic E-state index is 6.01. The van der Waals surface area contributed by atoms with Gasteiger partial charge in [0.05, 0.1) is 5.02 Å². The van der Waals surface area contributed by atoms with E-state index in [1.807, 2.05) is 36.4 Å². The largest absolute Gasteiger partial charge is 0.490 e. The third-order valence-electron chi connectivity index (χ3n) is 3.17. The summed E-state index contributed by atoms with van der Waals surface area (Å²) in [4.78, 5) is 0. The Hall–Kier alpha value is -1.67. The van der Waals surface area contributed by atoms with Crippen LogP contribution in [-0.4, -0.2) is 13.2 Å². The van der Waals surface area contributed by atoms with Gasteiger partial charge in [-0.25, -0.2) is 0 Å². The SMILES string of the molecule is CC(C)(C)c1ccc(OCCOc2ccccc2Cl)cc1. The number of benzene rings is 2. The predicted octanol–water partition coefficient (Wildman–Crippen LogP) is 5.10. The van der Waals surface area contributed by atoms with Crippen LogP contribution in [0.5, 0.6) is 11.5 Å². The fourth-order valence-electron chi connectivity index (χ4n) is 1.92. The second kappa shape index (κ2) is 6.86. The van der Waals surface area contributed by atoms with Gasteiger partial charge in [0.1, 0.15) is 24.7 Å². The summed E-state index contributed by atoms with van der Waals surface area (Å²) >= 11 is 6.01. The molecule has 3 heteroatoms. The van der Waals surface area contributed by atoms with Crippen LogP contribution in [0.1, 0.15) is 26.3 Å². The van der Waals surface area contributed by atoms with Crippen molar-refractivity contribution < 1.29 is 9.47 Å². The fraction of sp³-hybridized carbons (Fsp3) is 0.333. The van der Waals surface area contributed by atoms with E-state index in [9.17, 15) is 0 Å². The Labute approximate surface area is 131 Å². The normalized spacial score (nSPS) is 11.2. The van der Waals surface area contributed by atoms with Gasteiger partial charge >= 0.3 is 0 Å². The first-order chi connectivity index (χ1) is 9.97. The molecule has 0 spiro atoms. The zero-order valence-corrected chi connectivity index (χ0v) is 13.5. The minimum atomic E-state index is 0.158. The number of hydrogen-bond donors (Lipinski definition) is 0. The number of halogens is 1. The van der Waals surface area contributed by atoms with Crippen LogP contribution in [0.2, 0.25) is 5.02 Å². The van der Waals surface area contributed by atoms with Crippen molar-refractivity contribution in [1.29, 1.82) is 0 Å². The molecule has 2 nitrogen and oxygen atoms in total. The lowest BCUT2D eigenvalue weighted by Gasteiger charge is -2.19. The van der Waals surface area contributed by atoms with Gasteiger partial charge in [0.2, 0.25) is 0 Å². The van der Waals surface area contributed by atoms with Crippen LogP contribution in [-0.2, 0) is 5.41 Å². The van der Waals surface area contributed by atoms with Crippen molar-refractivity contribution in [2.45, 2.75) is 26.2 Å². The van der Waals surface area contributed by atoms with Gasteiger partial charge in [0.25, 0.3) is 0 Å². The van der Waals surface area contributed by atoms with Crippen LogP contribution in [0, 0.1) is 0 Å². The van der Waals surface area contributed by atoms with Gasteiger partial charge in [-0.05, 0) is 35.2 Å². The predicted molar refractivity (Wildman–Crippen MR) is 87.6 cm³/mol. The lowest BCUT2D eigenvalue weighted by molar-refractivity contribution is 0.217. The Morgan fingerprint density at radius 1 is 0.857 bits per heavy atom. The molecule has 0 saturated heterocycles. The molecule has 0 heterocycles. The average molecular weight is 305 g/mol. The molecule has 2 rings (SSSR count). The first-order valence-electron chi connectivity index (χ1n) is 7.07. The van der Waals surface area contributed by atoms with Gasteiger partial charge in [-0.1, -0.05) is 56.6 Å². The molecule has 21 heavy (non-hydrogen) atoms. The van der Waals surface area contributed by atoms with Crippen molar-refractivity contribution in [2.24, 2.45) is 0 Å². The minimum Gasteiger partial charge on any atom is -0.490 e. The smallest absolute Gasteiger partial charge is 0.138 e. The Morgan fingerprint density at radius 3 is 2.10 bits per heavy atom. The first-order valence-corrected chi connectivity index (χ1v) is 7.45. The maximum Gasteiger partial charge on any atom is 0.138 e. The van der Waals surface area contributed by atoms with Crippen LogP contribution in [0.25, 0.3) is 0 Å². The standard InChI is InChI=1S/C18H21ClO2/c1-18(2,3)14-8-10-15(11-9-14)20-12-13-21-17-7-5-4-6-16(17)19/h4-11H,12-13H2,1-3H3. The van der Waals surface area contributed by atoms with E-state index in [4.69, 9.17) is 21.1 Å². The highest BCUT2D eigenvalue weighted by molar-refractivity contribution is 6.32. The summed E-state index contributed by atoms with van der Waals surface area (Å²) in [6.07, 6.45) is 0. The molecule has 0 aliphatic rings. The number of rotatable bonds is 5. The highest BCUT2D eigenvalue weighted by Crippen LogP contribution is 2.25. The molecule has 0 amide bonds. The van der Waals surface area contributed by atoms with Gasteiger partial charge in [-0.3, -0.25) is 0 Å². The van der Waals surface area contributed by atoms with E-state index >= 15 is 0 Å². The monoisotopic (exact) mass is 304 g/mol. The highest BCUT2D eigenvalue weighted by Gasteiger charge is 2.12. The summed E-state index contributed by atoms with van der Waals surface area (Å²) in [7, 11) is 0. The van der Waals surface area contributed by atoms with E-state index in [0.717, 1.165) is 5.75 Å². The van der Waals surface area contributed by atoms with Crippen LogP contribution >= 0.6 is 11.6 Å². The Kier molecular flexibility index (Phi) is 5.13. The first kappa shape index (κ1) is 15.7. The molecule has 0 fully saturated rings. The molecule has 0 atom stereocenters. The van der Waals surface area contributed by atoms with E-state index < -0.39 is 0 Å². The van der Waals surface area contributed by atoms with Crippen molar-refractivity contribution in [1.82, 2.24) is 0 Å². The summed E-state index contributed by atoms with van der Waals surface area (Å²) in [5, 5.41) is 0.618. The van der Waals surface area contributed by atoms with Crippen molar-refractivity contribution in [3.8, 4) is 11.5 Å². The molecule has 0 bridgehead atoms. The highest BCUT2D eigenvalue weighted by atomic mass is 35.5. The fourth-order valence-corrected chi connectivity index (χ4v) is 2.11. The maximum atomic E-state index is 6.01. The summed E-state index contributed by atoms with van der Waals surface area (Å²) in [5.74, 6) is 1.54. The lowest BCUT2D eigenvalue weighted by Crippen LogP contribution is -2.11. The third-order valence-corrected chi connectivity index (χ3v) is 3.48. The second-order valence-electron chi connectivity index (χ2n) is 5.90. The average Bonchev–Trinajstić information content (AvgIpc) is 2.45. The van der Waals surface area contributed by atoms with Crippen LogP contribution in [0.15, 0.2) is 48.5 Å². The Balaban J connectivity index is 1.80. The Morgan fingerprint density at radius 2 is 1.48 bits per heavy atom. The molecule has 2 aromatic rings. The van der Waals surface area contributed by atoms with E-state index in [-0.39, 0.29) is 5.41 Å². The zero-order chi connectivity index (χ0) is 15.3. The van der Waals surface area contributed by atoms with Crippen molar-refractivity contribution >= 4 is 11.6 Å². The third kappa shape index (κ3) is 4.68. The summed E-state index contributed by atoms with van der Waals surface area (Å²) in [6, 6.07) is 15.6. The van der Waals surface area contributed by atoms with Crippen molar-refractivity contribution in [3.05, 3.63) is 59.1 Å². The topological polar surface area (TPSA) is 18.5 Å². The summed E-state index contributed by atoms with van der Waals surface area (Å²) in [6.45, 7) is 7.53. The molecule has 0 radical (unpaired) electrons. The van der Waals surface area contributed by atoms with Gasteiger partial charge < -0.3 is 9.47 Å². The van der Waals surface area contributed by atoms with Gasteiger partial charge in [0, 0.05) is 0 Å². The molecule has 2 aromatic carbocycles. The molecule has 112 valence electrons. The molecule has 0 aliphatic carbocycles. The number of ether oxygens (including phenoxy) is 2. The summed E-state index contributed by atoms with van der Waals surface area (Å²) < 4.78 is 11.2. The van der Waals surface area contributed by atoms with E-state index in [1.54, 1.807) is 0 Å². The van der Waals surface area contributed by atoms with Crippen molar-refractivity contribution in [3.63, 3.8) is 0 Å². The second-order valence-corrected chi connectivity index (χ2v) is 6.31. The van der Waals surface area contributed by atoms with Gasteiger partial charge in [0.15, 0.2) is 0 Å². The molecule has 0 N–H and O–H groups in total. The Bertz CT molecular complexity index is 571. The van der Waals surface area contributed by atoms with E-state index in [1.165, 1.54) is 5.56 Å². The van der Waals surface area contributed by atoms with E-state index in [2.05, 4.69) is 32.9 Å².